The summed E-state index contributed by atoms with van der Waals surface area (Å²) >= 11 is 0. The number of carbonyl (C=O) groups is 1. The predicted octanol–water partition coefficient (Wildman–Crippen LogP) is 5.75. The zero-order valence-electron chi connectivity index (χ0n) is 16.9. The molecule has 0 fully saturated rings. The van der Waals surface area contributed by atoms with Gasteiger partial charge < -0.3 is 9.47 Å². The number of aliphatic imine (C=N–C) groups is 1. The van der Waals surface area contributed by atoms with Gasteiger partial charge in [-0.1, -0.05) is 27.7 Å². The van der Waals surface area contributed by atoms with E-state index in [1.807, 2.05) is 13.8 Å². The van der Waals surface area contributed by atoms with Crippen LogP contribution in [0.3, 0.4) is 0 Å². The van der Waals surface area contributed by atoms with E-state index >= 15 is 0 Å². The third-order valence-corrected chi connectivity index (χ3v) is 3.55. The van der Waals surface area contributed by atoms with Crippen molar-refractivity contribution in [1.82, 2.24) is 4.98 Å². The average Bonchev–Trinajstić information content (AvgIpc) is 2.57. The Kier molecular flexibility index (Phi) is 8.97. The van der Waals surface area contributed by atoms with Crippen LogP contribution in [0.4, 0.5) is 27.6 Å². The van der Waals surface area contributed by atoms with E-state index in [0.29, 0.717) is 0 Å². The lowest BCUT2D eigenvalue weighted by Crippen LogP contribution is -2.22. The van der Waals surface area contributed by atoms with Gasteiger partial charge in [0.25, 0.3) is 6.43 Å². The largest absolute Gasteiger partial charge is 0.483 e. The fourth-order valence-electron chi connectivity index (χ4n) is 2.50. The molecule has 0 saturated heterocycles. The minimum Gasteiger partial charge on any atom is -0.483 e. The van der Waals surface area contributed by atoms with E-state index in [0.717, 1.165) is 6.40 Å². The zero-order valence-corrected chi connectivity index (χ0v) is 16.9. The summed E-state index contributed by atoms with van der Waals surface area (Å²) < 4.78 is 77.7. The van der Waals surface area contributed by atoms with E-state index in [1.165, 1.54) is 6.92 Å². The number of carbonyl (C=O) groups excluding carboxylic acids is 1. The van der Waals surface area contributed by atoms with Crippen LogP contribution in [0.15, 0.2) is 4.99 Å². The van der Waals surface area contributed by atoms with Crippen LogP contribution in [-0.4, -0.2) is 30.6 Å². The Morgan fingerprint density at radius 3 is 2.24 bits per heavy atom. The Bertz CT molecular complexity index is 732. The molecule has 0 N–H and O–H groups in total. The summed E-state index contributed by atoms with van der Waals surface area (Å²) in [5.74, 6) is -1.43. The van der Waals surface area contributed by atoms with Gasteiger partial charge in [0.1, 0.15) is 5.69 Å². The fraction of sp³-hybridized carbons (Fsp3) is 0.632. The van der Waals surface area contributed by atoms with Crippen molar-refractivity contribution >= 4 is 18.1 Å². The Morgan fingerprint density at radius 2 is 1.79 bits per heavy atom. The SMILES string of the molecule is CCOC(=O)c1c(C(F)(F)F)nc(C(F)F)c(N=COCC(C)C)c1CC(C)C. The van der Waals surface area contributed by atoms with Crippen LogP contribution in [-0.2, 0) is 22.1 Å². The monoisotopic (exact) mass is 424 g/mol. The van der Waals surface area contributed by atoms with Crippen LogP contribution in [0.2, 0.25) is 0 Å². The lowest BCUT2D eigenvalue weighted by atomic mass is 9.94. The number of hydrogen-bond donors (Lipinski definition) is 0. The smallest absolute Gasteiger partial charge is 0.434 e. The van der Waals surface area contributed by atoms with Crippen LogP contribution in [0, 0.1) is 11.8 Å². The van der Waals surface area contributed by atoms with E-state index < -0.39 is 41.2 Å². The van der Waals surface area contributed by atoms with Crippen molar-refractivity contribution in [1.29, 1.82) is 0 Å². The molecule has 164 valence electrons. The third-order valence-electron chi connectivity index (χ3n) is 3.55. The van der Waals surface area contributed by atoms with Crippen molar-refractivity contribution in [2.24, 2.45) is 16.8 Å². The molecule has 0 amide bonds. The van der Waals surface area contributed by atoms with Gasteiger partial charge in [-0.25, -0.2) is 23.6 Å². The van der Waals surface area contributed by atoms with Crippen molar-refractivity contribution in [3.05, 3.63) is 22.5 Å². The molecule has 1 aromatic rings. The maximum atomic E-state index is 13.6. The summed E-state index contributed by atoms with van der Waals surface area (Å²) in [5, 5.41) is 0. The van der Waals surface area contributed by atoms with Crippen LogP contribution < -0.4 is 0 Å². The van der Waals surface area contributed by atoms with Crippen molar-refractivity contribution in [2.75, 3.05) is 13.2 Å². The molecule has 1 heterocycles. The maximum Gasteiger partial charge on any atom is 0.434 e. The highest BCUT2D eigenvalue weighted by atomic mass is 19.4. The molecule has 0 bridgehead atoms. The number of pyridine rings is 1. The molecule has 0 spiro atoms. The second-order valence-corrected chi connectivity index (χ2v) is 7.13. The van der Waals surface area contributed by atoms with Crippen LogP contribution in [0.25, 0.3) is 0 Å². The zero-order chi connectivity index (χ0) is 22.4. The number of rotatable bonds is 9. The summed E-state index contributed by atoms with van der Waals surface area (Å²) in [6.07, 6.45) is -7.70. The number of aromatic nitrogens is 1. The molecular formula is C19H25F5N2O3. The standard InChI is InChI=1S/C19H25F5N2O3/c1-6-29-18(27)13-12(7-10(2)3)14(25-9-28-8-11(4)5)15(17(20)21)26-16(13)19(22,23)24/h9-11,17H,6-8H2,1-5H3. The Labute approximate surface area is 166 Å². The minimum atomic E-state index is -5.13. The fourth-order valence-corrected chi connectivity index (χ4v) is 2.50. The molecule has 0 aliphatic carbocycles. The minimum absolute atomic E-state index is 0.115. The van der Waals surface area contributed by atoms with Crippen molar-refractivity contribution in [3.8, 4) is 0 Å². The van der Waals surface area contributed by atoms with E-state index in [1.54, 1.807) is 13.8 Å². The lowest BCUT2D eigenvalue weighted by Gasteiger charge is -2.20. The molecule has 5 nitrogen and oxygen atoms in total. The lowest BCUT2D eigenvalue weighted by molar-refractivity contribution is -0.142. The highest BCUT2D eigenvalue weighted by Gasteiger charge is 2.42. The van der Waals surface area contributed by atoms with Crippen molar-refractivity contribution < 1.29 is 36.2 Å². The first-order valence-electron chi connectivity index (χ1n) is 9.13. The number of alkyl halides is 5. The molecule has 0 aliphatic rings. The molecule has 0 aromatic carbocycles. The van der Waals surface area contributed by atoms with Gasteiger partial charge in [-0.3, -0.25) is 0 Å². The summed E-state index contributed by atoms with van der Waals surface area (Å²) in [7, 11) is 0. The molecule has 0 saturated carbocycles. The molecular weight excluding hydrogens is 399 g/mol. The Morgan fingerprint density at radius 1 is 1.17 bits per heavy atom. The quantitative estimate of drug-likeness (QED) is 0.219. The second kappa shape index (κ2) is 10.5. The van der Waals surface area contributed by atoms with Gasteiger partial charge in [-0.15, -0.1) is 0 Å². The molecule has 10 heteroatoms. The molecule has 0 unspecified atom stereocenters. The number of halogens is 5. The highest BCUT2D eigenvalue weighted by molar-refractivity contribution is 5.94. The average molecular weight is 424 g/mol. The summed E-state index contributed by atoms with van der Waals surface area (Å²) in [5.41, 5.74) is -4.56. The maximum absolute atomic E-state index is 13.6. The van der Waals surface area contributed by atoms with E-state index in [4.69, 9.17) is 9.47 Å². The van der Waals surface area contributed by atoms with Crippen LogP contribution >= 0.6 is 0 Å². The van der Waals surface area contributed by atoms with Crippen LogP contribution in [0.1, 0.15) is 68.4 Å². The summed E-state index contributed by atoms with van der Waals surface area (Å²) in [6.45, 7) is 8.51. The van der Waals surface area contributed by atoms with Gasteiger partial charge in [-0.05, 0) is 30.7 Å². The van der Waals surface area contributed by atoms with Crippen LogP contribution in [0.5, 0.6) is 0 Å². The number of esters is 1. The number of ether oxygens (including phenoxy) is 2. The Balaban J connectivity index is 3.81. The summed E-state index contributed by atoms with van der Waals surface area (Å²) in [6, 6.07) is 0. The first kappa shape index (κ1) is 24.8. The molecule has 0 aliphatic heterocycles. The van der Waals surface area contributed by atoms with Gasteiger partial charge in [-0.2, -0.15) is 13.2 Å². The second-order valence-electron chi connectivity index (χ2n) is 7.13. The normalized spacial score (nSPS) is 12.4. The molecule has 29 heavy (non-hydrogen) atoms. The van der Waals surface area contributed by atoms with Crippen molar-refractivity contribution in [2.45, 2.75) is 53.6 Å². The topological polar surface area (TPSA) is 60.8 Å². The van der Waals surface area contributed by atoms with Gasteiger partial charge in [0.15, 0.2) is 12.1 Å². The third kappa shape index (κ3) is 6.93. The number of nitrogens with zero attached hydrogens (tertiary/aromatic N) is 2. The molecule has 0 atom stereocenters. The van der Waals surface area contributed by atoms with E-state index in [9.17, 15) is 26.7 Å². The number of hydrogen-bond acceptors (Lipinski definition) is 5. The van der Waals surface area contributed by atoms with Gasteiger partial charge in [0.2, 0.25) is 0 Å². The first-order chi connectivity index (χ1) is 13.4. The predicted molar refractivity (Wildman–Crippen MR) is 97.6 cm³/mol. The highest BCUT2D eigenvalue weighted by Crippen LogP contribution is 2.41. The van der Waals surface area contributed by atoms with Crippen molar-refractivity contribution in [3.63, 3.8) is 0 Å². The van der Waals surface area contributed by atoms with Gasteiger partial charge in [0.05, 0.1) is 24.5 Å². The Hall–Kier alpha value is -2.26. The van der Waals surface area contributed by atoms with Gasteiger partial charge >= 0.3 is 12.1 Å². The van der Waals surface area contributed by atoms with E-state index in [2.05, 4.69) is 9.98 Å². The summed E-state index contributed by atoms with van der Waals surface area (Å²) in [4.78, 5) is 19.2. The first-order valence-corrected chi connectivity index (χ1v) is 9.13. The van der Waals surface area contributed by atoms with E-state index in [-0.39, 0.29) is 37.0 Å². The molecule has 1 aromatic heterocycles. The van der Waals surface area contributed by atoms with Gasteiger partial charge in [0, 0.05) is 0 Å². The molecule has 1 rings (SSSR count). The molecule has 0 radical (unpaired) electrons.